The Morgan fingerprint density at radius 2 is 1.95 bits per heavy atom. The number of aromatic carboxylic acids is 1. The Morgan fingerprint density at radius 1 is 1.29 bits per heavy atom. The van der Waals surface area contributed by atoms with E-state index in [1.807, 2.05) is 34.6 Å². The molecule has 2 rings (SSSR count). The van der Waals surface area contributed by atoms with Crippen LogP contribution in [0.5, 0.6) is 0 Å². The highest BCUT2D eigenvalue weighted by atomic mass is 16.4. The van der Waals surface area contributed by atoms with Crippen molar-refractivity contribution in [3.8, 4) is 0 Å². The van der Waals surface area contributed by atoms with Gasteiger partial charge in [-0.05, 0) is 25.0 Å². The molecule has 0 spiro atoms. The van der Waals surface area contributed by atoms with Gasteiger partial charge in [0.1, 0.15) is 0 Å². The first kappa shape index (κ1) is 15.2. The van der Waals surface area contributed by atoms with E-state index in [0.29, 0.717) is 12.2 Å². The second-order valence-electron chi connectivity index (χ2n) is 6.43. The number of aryl methyl sites for hydroxylation is 2. The molecule has 0 amide bonds. The monoisotopic (exact) mass is 287 g/mol. The summed E-state index contributed by atoms with van der Waals surface area (Å²) < 4.78 is 1.70. The maximum atomic E-state index is 11.3. The quantitative estimate of drug-likeness (QED) is 0.942. The average Bonchev–Trinajstić information content (AvgIpc) is 2.77. The van der Waals surface area contributed by atoms with Gasteiger partial charge in [-0.2, -0.15) is 0 Å². The van der Waals surface area contributed by atoms with E-state index in [9.17, 15) is 9.90 Å². The summed E-state index contributed by atoms with van der Waals surface area (Å²) >= 11 is 0. The first-order valence-corrected chi connectivity index (χ1v) is 6.93. The number of benzene rings is 1. The summed E-state index contributed by atoms with van der Waals surface area (Å²) in [6, 6.07) is 6.23. The maximum Gasteiger partial charge on any atom is 0.358 e. The second kappa shape index (κ2) is 5.31. The Kier molecular flexibility index (Phi) is 3.85. The van der Waals surface area contributed by atoms with Crippen LogP contribution in [-0.2, 0) is 12.0 Å². The maximum absolute atomic E-state index is 11.3. The molecule has 2 aromatic rings. The molecule has 0 aliphatic rings. The third kappa shape index (κ3) is 3.12. The number of aromatic nitrogens is 3. The molecule has 112 valence electrons. The number of rotatable bonds is 3. The number of nitrogens with zero attached hydrogens (tertiary/aromatic N) is 3. The zero-order chi connectivity index (χ0) is 15.8. The highest BCUT2D eigenvalue weighted by Gasteiger charge is 2.29. The average molecular weight is 287 g/mol. The van der Waals surface area contributed by atoms with E-state index >= 15 is 0 Å². The van der Waals surface area contributed by atoms with Crippen LogP contribution in [0.2, 0.25) is 0 Å². The van der Waals surface area contributed by atoms with E-state index in [4.69, 9.17) is 0 Å². The van der Waals surface area contributed by atoms with Gasteiger partial charge in [0.2, 0.25) is 0 Å². The van der Waals surface area contributed by atoms with E-state index in [0.717, 1.165) is 11.1 Å². The minimum Gasteiger partial charge on any atom is -0.476 e. The zero-order valence-electron chi connectivity index (χ0n) is 13.1. The van der Waals surface area contributed by atoms with E-state index in [2.05, 4.69) is 28.5 Å². The molecular weight excluding hydrogens is 266 g/mol. The summed E-state index contributed by atoms with van der Waals surface area (Å²) in [5.74, 6) is -1.04. The van der Waals surface area contributed by atoms with Crippen LogP contribution >= 0.6 is 0 Å². The van der Waals surface area contributed by atoms with Gasteiger partial charge in [0.25, 0.3) is 0 Å². The van der Waals surface area contributed by atoms with E-state index in [1.54, 1.807) is 4.68 Å². The van der Waals surface area contributed by atoms with Gasteiger partial charge in [0.15, 0.2) is 5.69 Å². The van der Waals surface area contributed by atoms with Crippen LogP contribution in [-0.4, -0.2) is 26.1 Å². The molecule has 0 aliphatic carbocycles. The highest BCUT2D eigenvalue weighted by Crippen LogP contribution is 2.26. The van der Waals surface area contributed by atoms with Crippen LogP contribution in [0.4, 0.5) is 0 Å². The zero-order valence-corrected chi connectivity index (χ0v) is 13.1. The van der Waals surface area contributed by atoms with Crippen molar-refractivity contribution in [2.24, 2.45) is 0 Å². The summed E-state index contributed by atoms with van der Waals surface area (Å²) in [4.78, 5) is 11.3. The molecular formula is C16H21N3O2. The smallest absolute Gasteiger partial charge is 0.358 e. The number of carboxylic acid groups (broad SMARTS) is 1. The van der Waals surface area contributed by atoms with Crippen molar-refractivity contribution in [1.29, 1.82) is 0 Å². The molecule has 0 atom stereocenters. The van der Waals surface area contributed by atoms with E-state index in [1.165, 1.54) is 5.56 Å². The molecule has 0 saturated heterocycles. The number of hydrogen-bond acceptors (Lipinski definition) is 3. The summed E-state index contributed by atoms with van der Waals surface area (Å²) in [7, 11) is 0. The number of carboxylic acids is 1. The molecule has 0 saturated carbocycles. The standard InChI is InChI=1S/C16H21N3O2/c1-10-6-7-11(2)12(8-10)9-19-14(16(3,4)5)13(15(20)21)17-18-19/h6-8H,9H2,1-5H3,(H,20,21). The lowest BCUT2D eigenvalue weighted by Gasteiger charge is -2.21. The Bertz CT molecular complexity index is 681. The van der Waals surface area contributed by atoms with Crippen molar-refractivity contribution in [3.63, 3.8) is 0 Å². The predicted molar refractivity (Wildman–Crippen MR) is 80.7 cm³/mol. The van der Waals surface area contributed by atoms with Gasteiger partial charge in [-0.1, -0.05) is 49.7 Å². The van der Waals surface area contributed by atoms with Gasteiger partial charge < -0.3 is 5.11 Å². The van der Waals surface area contributed by atoms with Crippen molar-refractivity contribution in [1.82, 2.24) is 15.0 Å². The third-order valence-corrected chi connectivity index (χ3v) is 3.47. The molecule has 1 aromatic heterocycles. The summed E-state index contributed by atoms with van der Waals surface area (Å²) in [5, 5.41) is 17.2. The third-order valence-electron chi connectivity index (χ3n) is 3.47. The molecule has 1 heterocycles. The van der Waals surface area contributed by atoms with Crippen molar-refractivity contribution in [2.45, 2.75) is 46.6 Å². The van der Waals surface area contributed by atoms with E-state index < -0.39 is 5.97 Å². The van der Waals surface area contributed by atoms with Crippen LogP contribution in [0, 0.1) is 13.8 Å². The van der Waals surface area contributed by atoms with Gasteiger partial charge >= 0.3 is 5.97 Å². The van der Waals surface area contributed by atoms with Gasteiger partial charge in [-0.15, -0.1) is 5.10 Å². The van der Waals surface area contributed by atoms with E-state index in [-0.39, 0.29) is 11.1 Å². The molecule has 21 heavy (non-hydrogen) atoms. The molecule has 5 nitrogen and oxygen atoms in total. The predicted octanol–water partition coefficient (Wildman–Crippen LogP) is 2.94. The van der Waals surface area contributed by atoms with Crippen molar-refractivity contribution >= 4 is 5.97 Å². The molecule has 0 fully saturated rings. The SMILES string of the molecule is Cc1ccc(C)c(Cn2nnc(C(=O)O)c2C(C)(C)C)c1. The Morgan fingerprint density at radius 3 is 2.52 bits per heavy atom. The number of carbonyl (C=O) groups is 1. The highest BCUT2D eigenvalue weighted by molar-refractivity contribution is 5.86. The summed E-state index contributed by atoms with van der Waals surface area (Å²) in [6.07, 6.45) is 0. The van der Waals surface area contributed by atoms with Crippen LogP contribution < -0.4 is 0 Å². The van der Waals surface area contributed by atoms with Crippen LogP contribution in [0.3, 0.4) is 0 Å². The fourth-order valence-corrected chi connectivity index (χ4v) is 2.44. The van der Waals surface area contributed by atoms with Crippen LogP contribution in [0.1, 0.15) is 53.6 Å². The lowest BCUT2D eigenvalue weighted by Crippen LogP contribution is -2.22. The molecule has 0 aliphatic heterocycles. The fourth-order valence-electron chi connectivity index (χ4n) is 2.44. The Hall–Kier alpha value is -2.17. The Labute approximate surface area is 124 Å². The molecule has 0 unspecified atom stereocenters. The molecule has 1 aromatic carbocycles. The van der Waals surface area contributed by atoms with Crippen LogP contribution in [0.25, 0.3) is 0 Å². The molecule has 5 heteroatoms. The molecule has 0 bridgehead atoms. The van der Waals surface area contributed by atoms with Crippen LogP contribution in [0.15, 0.2) is 18.2 Å². The summed E-state index contributed by atoms with van der Waals surface area (Å²) in [6.45, 7) is 10.5. The topological polar surface area (TPSA) is 68.0 Å². The minimum atomic E-state index is -1.04. The normalized spacial score (nSPS) is 11.7. The van der Waals surface area contributed by atoms with Gasteiger partial charge in [-0.3, -0.25) is 0 Å². The number of hydrogen-bond donors (Lipinski definition) is 1. The Balaban J connectivity index is 2.50. The largest absolute Gasteiger partial charge is 0.476 e. The molecule has 0 radical (unpaired) electrons. The first-order chi connectivity index (χ1) is 9.70. The van der Waals surface area contributed by atoms with Gasteiger partial charge in [-0.25, -0.2) is 9.48 Å². The van der Waals surface area contributed by atoms with Gasteiger partial charge in [0.05, 0.1) is 12.2 Å². The van der Waals surface area contributed by atoms with Crippen molar-refractivity contribution in [3.05, 3.63) is 46.3 Å². The first-order valence-electron chi connectivity index (χ1n) is 6.93. The molecule has 1 N–H and O–H groups in total. The lowest BCUT2D eigenvalue weighted by atomic mass is 9.90. The van der Waals surface area contributed by atoms with Crippen molar-refractivity contribution in [2.75, 3.05) is 0 Å². The fraction of sp³-hybridized carbons (Fsp3) is 0.438. The lowest BCUT2D eigenvalue weighted by molar-refractivity contribution is 0.0687. The summed E-state index contributed by atoms with van der Waals surface area (Å²) in [5.41, 5.74) is 3.81. The minimum absolute atomic E-state index is 0.0350. The second-order valence-corrected chi connectivity index (χ2v) is 6.43. The van der Waals surface area contributed by atoms with Crippen molar-refractivity contribution < 1.29 is 9.90 Å². The van der Waals surface area contributed by atoms with Gasteiger partial charge in [0, 0.05) is 5.41 Å².